The number of fused-ring (bicyclic) bond motifs is 1. The quantitative estimate of drug-likeness (QED) is 0.147. The number of rotatable bonds is 8. The number of thioether (sulfide) groups is 1. The van der Waals surface area contributed by atoms with Gasteiger partial charge < -0.3 is 20.0 Å². The van der Waals surface area contributed by atoms with Gasteiger partial charge in [-0.15, -0.1) is 23.1 Å². The van der Waals surface area contributed by atoms with Crippen LogP contribution in [0.1, 0.15) is 11.8 Å². The van der Waals surface area contributed by atoms with Crippen LogP contribution in [0.4, 0.5) is 0 Å². The largest absolute Gasteiger partial charge is 1.00 e. The summed E-state index contributed by atoms with van der Waals surface area (Å²) in [4.78, 5) is 49.5. The van der Waals surface area contributed by atoms with Gasteiger partial charge in [-0.25, -0.2) is 9.32 Å². The maximum atomic E-state index is 13.0. The summed E-state index contributed by atoms with van der Waals surface area (Å²) >= 11 is 2.17. The zero-order valence-corrected chi connectivity index (χ0v) is 21.3. The average Bonchev–Trinajstić information content (AvgIpc) is 3.16. The average molecular weight is 514 g/mol. The molecule has 3 rings (SSSR count). The number of nitrogens with two attached hydrogens (primary N) is 1. The fourth-order valence-corrected chi connectivity index (χ4v) is 5.80. The molecule has 3 heterocycles. The third-order valence-corrected chi connectivity index (χ3v) is 6.99. The fraction of sp³-hybridized carbons (Fsp3) is 0.375. The van der Waals surface area contributed by atoms with E-state index in [4.69, 9.17) is 14.1 Å². The number of carbonyl (C=O) groups excluding carboxylic acids is 4. The van der Waals surface area contributed by atoms with Crippen molar-refractivity contribution in [1.29, 1.82) is 0 Å². The van der Waals surface area contributed by atoms with E-state index in [1.807, 2.05) is 0 Å². The Morgan fingerprint density at radius 3 is 2.62 bits per heavy atom. The molecule has 0 bridgehead atoms. The Kier molecular flexibility index (Phi) is 8.55. The number of β-lactam (4-membered cyclic amide) rings is 1. The van der Waals surface area contributed by atoms with Gasteiger partial charge in [-0.05, 0) is 11.4 Å². The number of esters is 1. The Balaban J connectivity index is 0.00000363. The van der Waals surface area contributed by atoms with Crippen molar-refractivity contribution in [3.63, 3.8) is 0 Å². The first-order chi connectivity index (χ1) is 14.4. The van der Waals surface area contributed by atoms with Crippen LogP contribution in [0.5, 0.6) is 0 Å². The van der Waals surface area contributed by atoms with E-state index in [2.05, 4.69) is 5.32 Å². The summed E-state index contributed by atoms with van der Waals surface area (Å²) in [6, 6.07) is 3.37. The standard InChI is InChI=1S/C16H17N3O9S3.Na/c1-8(20)27-6-9-7-30-15-16(28-31(17,25)26,14(24)19(15)12(9)13(22)23)18-11(21)5-10-3-2-4-29-10;/h2-4,15H,5-7H2,1H3,(H,18,21)(H,22,23)(H2,17,25,26);/q;+1/p-1/t15-,16-;/m1./s1. The number of hydrogen-bond acceptors (Lipinski definition) is 11. The molecule has 32 heavy (non-hydrogen) atoms. The van der Waals surface area contributed by atoms with Crippen LogP contribution in [0.15, 0.2) is 28.8 Å². The van der Waals surface area contributed by atoms with Crippen molar-refractivity contribution in [2.75, 3.05) is 12.4 Å². The number of carboxylic acid groups (broad SMARTS) is 1. The Labute approximate surface area is 213 Å². The van der Waals surface area contributed by atoms with Gasteiger partial charge in [-0.2, -0.15) is 8.42 Å². The van der Waals surface area contributed by atoms with Crippen molar-refractivity contribution in [2.24, 2.45) is 5.14 Å². The summed E-state index contributed by atoms with van der Waals surface area (Å²) in [7, 11) is -4.73. The molecule has 0 spiro atoms. The molecule has 1 saturated heterocycles. The van der Waals surface area contributed by atoms with Crippen molar-refractivity contribution in [2.45, 2.75) is 24.4 Å². The Morgan fingerprint density at radius 2 is 2.09 bits per heavy atom. The first kappa shape index (κ1) is 26.8. The molecule has 3 N–H and O–H groups in total. The second-order valence-corrected chi connectivity index (χ2v) is 9.73. The van der Waals surface area contributed by atoms with E-state index >= 15 is 0 Å². The third-order valence-electron chi connectivity index (χ3n) is 4.24. The van der Waals surface area contributed by atoms with Crippen molar-refractivity contribution in [3.8, 4) is 0 Å². The molecule has 0 unspecified atom stereocenters. The molecule has 0 saturated carbocycles. The number of amides is 2. The van der Waals surface area contributed by atoms with Gasteiger partial charge in [0, 0.05) is 23.1 Å². The second-order valence-electron chi connectivity index (χ2n) is 6.47. The molecule has 16 heteroatoms. The summed E-state index contributed by atoms with van der Waals surface area (Å²) in [5.74, 6) is -4.38. The molecular formula is C16H16N3NaO9S3. The summed E-state index contributed by atoms with van der Waals surface area (Å²) < 4.78 is 32.9. The molecule has 168 valence electrons. The molecule has 2 aliphatic rings. The summed E-state index contributed by atoms with van der Waals surface area (Å²) in [5, 5.41) is 19.4. The summed E-state index contributed by atoms with van der Waals surface area (Å²) in [5.41, 5.74) is -2.95. The minimum absolute atomic E-state index is 0. The van der Waals surface area contributed by atoms with Crippen LogP contribution in [-0.2, 0) is 44.8 Å². The first-order valence-electron chi connectivity index (χ1n) is 8.53. The van der Waals surface area contributed by atoms with Crippen LogP contribution in [0.3, 0.4) is 0 Å². The summed E-state index contributed by atoms with van der Waals surface area (Å²) in [6.45, 7) is 0.719. The van der Waals surface area contributed by atoms with E-state index in [1.54, 1.807) is 17.5 Å². The zero-order valence-electron chi connectivity index (χ0n) is 16.9. The van der Waals surface area contributed by atoms with Crippen LogP contribution in [0.25, 0.3) is 0 Å². The number of aliphatic carboxylic acids is 1. The third kappa shape index (κ3) is 5.53. The van der Waals surface area contributed by atoms with Gasteiger partial charge in [-0.1, -0.05) is 6.07 Å². The van der Waals surface area contributed by atoms with Crippen LogP contribution in [-0.4, -0.2) is 60.5 Å². The van der Waals surface area contributed by atoms with Crippen molar-refractivity contribution in [1.82, 2.24) is 10.2 Å². The number of thiophene rings is 1. The second kappa shape index (κ2) is 10.2. The normalized spacial score (nSPS) is 22.4. The van der Waals surface area contributed by atoms with Gasteiger partial charge in [0.2, 0.25) is 5.91 Å². The van der Waals surface area contributed by atoms with Gasteiger partial charge in [0.15, 0.2) is 0 Å². The Hall–Kier alpha value is -1.46. The SMILES string of the molecule is CC(=O)OCC1=C(C(=O)[O-])N2C(=O)[C@@](NC(=O)Cc3cccs3)(OS(N)(=O)=O)[C@H]2SC1.[Na+]. The number of carbonyl (C=O) groups is 4. The molecule has 2 aliphatic heterocycles. The van der Waals surface area contributed by atoms with Crippen molar-refractivity contribution >= 4 is 57.2 Å². The number of nitrogens with zero attached hydrogens (tertiary/aromatic N) is 1. The maximum Gasteiger partial charge on any atom is 1.00 e. The van der Waals surface area contributed by atoms with Crippen molar-refractivity contribution < 1.29 is 71.2 Å². The number of nitrogens with one attached hydrogen (secondary N) is 1. The maximum absolute atomic E-state index is 13.0. The summed E-state index contributed by atoms with van der Waals surface area (Å²) in [6.07, 6.45) is -0.168. The van der Waals surface area contributed by atoms with E-state index in [0.29, 0.717) is 4.88 Å². The van der Waals surface area contributed by atoms with Gasteiger partial charge in [-0.3, -0.25) is 19.3 Å². The minimum atomic E-state index is -4.73. The van der Waals surface area contributed by atoms with E-state index in [0.717, 1.165) is 23.6 Å². The minimum Gasteiger partial charge on any atom is -0.543 e. The van der Waals surface area contributed by atoms with E-state index in [1.165, 1.54) is 11.3 Å². The Bertz CT molecular complexity index is 1070. The van der Waals surface area contributed by atoms with Gasteiger partial charge in [0.1, 0.15) is 12.0 Å². The van der Waals surface area contributed by atoms with Crippen molar-refractivity contribution in [3.05, 3.63) is 33.7 Å². The molecule has 2 atom stereocenters. The van der Waals surface area contributed by atoms with E-state index in [9.17, 15) is 32.7 Å². The number of carboxylic acids is 1. The first-order valence-corrected chi connectivity index (χ1v) is 11.9. The molecule has 1 aromatic rings. The van der Waals surface area contributed by atoms with Crippen LogP contribution in [0, 0.1) is 0 Å². The Morgan fingerprint density at radius 1 is 1.41 bits per heavy atom. The van der Waals surface area contributed by atoms with E-state index < -0.39 is 57.5 Å². The van der Waals surface area contributed by atoms with E-state index in [-0.39, 0.29) is 47.3 Å². The molecule has 2 amide bonds. The van der Waals surface area contributed by atoms with Gasteiger partial charge in [0.25, 0.3) is 11.6 Å². The molecule has 0 aliphatic carbocycles. The van der Waals surface area contributed by atoms with Crippen LogP contribution >= 0.6 is 23.1 Å². The molecule has 12 nitrogen and oxygen atoms in total. The monoisotopic (exact) mass is 513 g/mol. The molecular weight excluding hydrogens is 497 g/mol. The predicted octanol–water partition coefficient (Wildman–Crippen LogP) is -5.19. The molecule has 1 aromatic heterocycles. The van der Waals surface area contributed by atoms with Gasteiger partial charge >= 0.3 is 45.8 Å². The molecule has 0 radical (unpaired) electrons. The molecule has 0 aromatic carbocycles. The zero-order chi connectivity index (χ0) is 23.0. The van der Waals surface area contributed by atoms with Gasteiger partial charge in [0.05, 0.1) is 18.1 Å². The molecule has 1 fully saturated rings. The topological polar surface area (TPSA) is 185 Å². The number of hydrogen-bond donors (Lipinski definition) is 2. The van der Waals surface area contributed by atoms with Crippen LogP contribution in [0.2, 0.25) is 0 Å². The predicted molar refractivity (Wildman–Crippen MR) is 105 cm³/mol. The fourth-order valence-electron chi connectivity index (χ4n) is 3.10. The number of ether oxygens (including phenoxy) is 1. The van der Waals surface area contributed by atoms with Crippen LogP contribution < -0.4 is 45.1 Å². The smallest absolute Gasteiger partial charge is 0.543 e.